The van der Waals surface area contributed by atoms with Crippen LogP contribution in [0, 0.1) is 5.92 Å². The summed E-state index contributed by atoms with van der Waals surface area (Å²) in [6.45, 7) is 2.34. The Morgan fingerprint density at radius 1 is 1.25 bits per heavy atom. The minimum absolute atomic E-state index is 0.115. The number of phenols is 1. The van der Waals surface area contributed by atoms with Gasteiger partial charge in [0.15, 0.2) is 0 Å². The smallest absolute Gasteiger partial charge is 0.115 e. The first-order valence-electron chi connectivity index (χ1n) is 7.65. The molecule has 0 saturated heterocycles. The van der Waals surface area contributed by atoms with E-state index >= 15 is 0 Å². The van der Waals surface area contributed by atoms with Gasteiger partial charge >= 0.3 is 0 Å². The van der Waals surface area contributed by atoms with Gasteiger partial charge in [0, 0.05) is 11.6 Å². The number of nitrogens with zero attached hydrogens (tertiary/aromatic N) is 1. The fraction of sp³-hybridized carbons (Fsp3) is 0.647. The Hall–Kier alpha value is -1.06. The lowest BCUT2D eigenvalue weighted by Crippen LogP contribution is -2.59. The maximum atomic E-state index is 9.37. The van der Waals surface area contributed by atoms with Gasteiger partial charge in [-0.25, -0.2) is 0 Å². The van der Waals surface area contributed by atoms with E-state index in [9.17, 15) is 5.11 Å². The predicted octanol–water partition coefficient (Wildman–Crippen LogP) is 2.77. The number of hydrogen-bond acceptors (Lipinski definition) is 3. The van der Waals surface area contributed by atoms with Gasteiger partial charge in [0.25, 0.3) is 0 Å². The molecule has 0 spiro atoms. The van der Waals surface area contributed by atoms with Gasteiger partial charge in [-0.2, -0.15) is 0 Å². The van der Waals surface area contributed by atoms with Crippen molar-refractivity contribution >= 4 is 0 Å². The van der Waals surface area contributed by atoms with E-state index in [1.165, 1.54) is 31.2 Å². The predicted molar refractivity (Wildman–Crippen MR) is 83.8 cm³/mol. The minimum atomic E-state index is 0.115. The Labute approximate surface area is 122 Å². The van der Waals surface area contributed by atoms with Crippen LogP contribution >= 0.6 is 0 Å². The molecule has 3 nitrogen and oxygen atoms in total. The van der Waals surface area contributed by atoms with Crippen LogP contribution in [0.15, 0.2) is 24.3 Å². The summed E-state index contributed by atoms with van der Waals surface area (Å²) in [5.74, 6) is 1.14. The summed E-state index contributed by atoms with van der Waals surface area (Å²) in [7, 11) is 4.32. The molecule has 20 heavy (non-hydrogen) atoms. The second-order valence-corrected chi connectivity index (χ2v) is 6.66. The molecule has 0 bridgehead atoms. The average molecular weight is 276 g/mol. The topological polar surface area (TPSA) is 49.5 Å². The first kappa shape index (κ1) is 15.3. The van der Waals surface area contributed by atoms with E-state index in [0.717, 1.165) is 12.3 Å². The molecule has 0 radical (unpaired) electrons. The van der Waals surface area contributed by atoms with Gasteiger partial charge in [-0.15, -0.1) is 0 Å². The van der Waals surface area contributed by atoms with Gasteiger partial charge in [0.2, 0.25) is 0 Å². The number of aromatic hydroxyl groups is 1. The number of hydrogen-bond donors (Lipinski definition) is 2. The molecule has 1 aromatic rings. The van der Waals surface area contributed by atoms with E-state index < -0.39 is 0 Å². The van der Waals surface area contributed by atoms with Crippen molar-refractivity contribution < 1.29 is 5.11 Å². The van der Waals surface area contributed by atoms with E-state index in [1.54, 1.807) is 12.1 Å². The SMILES string of the molecule is CC1CCC(C(N)Cc2ccc(O)cc2)(N(C)C)CC1. The molecule has 0 heterocycles. The van der Waals surface area contributed by atoms with Gasteiger partial charge in [-0.1, -0.05) is 19.1 Å². The lowest BCUT2D eigenvalue weighted by atomic mass is 9.71. The molecule has 1 aromatic carbocycles. The Kier molecular flexibility index (Phi) is 4.71. The highest BCUT2D eigenvalue weighted by atomic mass is 16.3. The van der Waals surface area contributed by atoms with Crippen molar-refractivity contribution in [2.24, 2.45) is 11.7 Å². The summed E-state index contributed by atoms with van der Waals surface area (Å²) in [4.78, 5) is 2.34. The van der Waals surface area contributed by atoms with Gasteiger partial charge in [0.05, 0.1) is 0 Å². The van der Waals surface area contributed by atoms with Crippen LogP contribution in [0.25, 0.3) is 0 Å². The average Bonchev–Trinajstić information content (AvgIpc) is 2.42. The van der Waals surface area contributed by atoms with Crippen molar-refractivity contribution in [3.8, 4) is 5.75 Å². The minimum Gasteiger partial charge on any atom is -0.508 e. The molecular formula is C17H28N2O. The second kappa shape index (κ2) is 6.15. The van der Waals surface area contributed by atoms with Crippen LogP contribution in [-0.4, -0.2) is 35.7 Å². The second-order valence-electron chi connectivity index (χ2n) is 6.66. The van der Waals surface area contributed by atoms with E-state index in [2.05, 4.69) is 25.9 Å². The first-order valence-corrected chi connectivity index (χ1v) is 7.65. The summed E-state index contributed by atoms with van der Waals surface area (Å²) in [5.41, 5.74) is 7.92. The zero-order valence-corrected chi connectivity index (χ0v) is 13.0. The summed E-state index contributed by atoms with van der Waals surface area (Å²) in [6.07, 6.45) is 5.76. The standard InChI is InChI=1S/C17H28N2O/c1-13-8-10-17(11-9-13,19(2)3)16(18)12-14-4-6-15(20)7-5-14/h4-7,13,16,20H,8-12,18H2,1-3H3. The summed E-state index contributed by atoms with van der Waals surface area (Å²) in [5, 5.41) is 9.37. The van der Waals surface area contributed by atoms with Crippen LogP contribution in [0.3, 0.4) is 0 Å². The number of phenolic OH excluding ortho intramolecular Hbond substituents is 1. The fourth-order valence-electron chi connectivity index (χ4n) is 3.49. The lowest BCUT2D eigenvalue weighted by Gasteiger charge is -2.48. The summed E-state index contributed by atoms with van der Waals surface area (Å²) < 4.78 is 0. The van der Waals surface area contributed by atoms with Crippen LogP contribution in [0.4, 0.5) is 0 Å². The van der Waals surface area contributed by atoms with Crippen LogP contribution in [0.1, 0.15) is 38.2 Å². The van der Waals surface area contributed by atoms with Crippen LogP contribution in [0.5, 0.6) is 5.75 Å². The van der Waals surface area contributed by atoms with Gasteiger partial charge in [-0.3, -0.25) is 0 Å². The zero-order valence-electron chi connectivity index (χ0n) is 13.0. The Morgan fingerprint density at radius 2 is 1.80 bits per heavy atom. The lowest BCUT2D eigenvalue weighted by molar-refractivity contribution is 0.0568. The molecule has 1 atom stereocenters. The maximum absolute atomic E-state index is 9.37. The molecule has 0 aromatic heterocycles. The van der Waals surface area contributed by atoms with Crippen LogP contribution < -0.4 is 5.73 Å². The highest BCUT2D eigenvalue weighted by molar-refractivity contribution is 5.27. The van der Waals surface area contributed by atoms with Gasteiger partial charge < -0.3 is 15.7 Å². The van der Waals surface area contributed by atoms with E-state index in [-0.39, 0.29) is 11.6 Å². The number of likely N-dealkylation sites (N-methyl/N-ethyl adjacent to an activating group) is 1. The molecule has 2 rings (SSSR count). The summed E-state index contributed by atoms with van der Waals surface area (Å²) in [6, 6.07) is 7.57. The quantitative estimate of drug-likeness (QED) is 0.889. The molecule has 0 aliphatic heterocycles. The molecule has 1 saturated carbocycles. The molecular weight excluding hydrogens is 248 g/mol. The monoisotopic (exact) mass is 276 g/mol. The molecule has 0 amide bonds. The molecule has 3 heteroatoms. The van der Waals surface area contributed by atoms with Crippen molar-refractivity contribution in [3.63, 3.8) is 0 Å². The summed E-state index contributed by atoms with van der Waals surface area (Å²) >= 11 is 0. The molecule has 1 aliphatic carbocycles. The van der Waals surface area contributed by atoms with E-state index in [4.69, 9.17) is 5.73 Å². The Bertz CT molecular complexity index is 419. The third-order valence-electron chi connectivity index (χ3n) is 5.11. The van der Waals surface area contributed by atoms with Gasteiger partial charge in [-0.05, 0) is 69.8 Å². The fourth-order valence-corrected chi connectivity index (χ4v) is 3.49. The van der Waals surface area contributed by atoms with Crippen molar-refractivity contribution in [1.29, 1.82) is 0 Å². The van der Waals surface area contributed by atoms with E-state index in [0.29, 0.717) is 5.75 Å². The molecule has 1 aliphatic rings. The van der Waals surface area contributed by atoms with Crippen molar-refractivity contribution in [3.05, 3.63) is 29.8 Å². The van der Waals surface area contributed by atoms with Crippen molar-refractivity contribution in [1.82, 2.24) is 4.90 Å². The third kappa shape index (κ3) is 3.15. The normalized spacial score (nSPS) is 28.6. The maximum Gasteiger partial charge on any atom is 0.115 e. The number of benzene rings is 1. The van der Waals surface area contributed by atoms with Crippen LogP contribution in [-0.2, 0) is 6.42 Å². The largest absolute Gasteiger partial charge is 0.508 e. The van der Waals surface area contributed by atoms with Crippen molar-refractivity contribution in [2.75, 3.05) is 14.1 Å². The van der Waals surface area contributed by atoms with E-state index in [1.807, 2.05) is 12.1 Å². The van der Waals surface area contributed by atoms with Crippen LogP contribution in [0.2, 0.25) is 0 Å². The molecule has 112 valence electrons. The third-order valence-corrected chi connectivity index (χ3v) is 5.11. The molecule has 3 N–H and O–H groups in total. The highest BCUT2D eigenvalue weighted by Gasteiger charge is 2.41. The van der Waals surface area contributed by atoms with Crippen molar-refractivity contribution in [2.45, 2.75) is 50.6 Å². The Morgan fingerprint density at radius 3 is 2.30 bits per heavy atom. The number of nitrogens with two attached hydrogens (primary N) is 1. The molecule has 1 unspecified atom stereocenters. The Balaban J connectivity index is 2.11. The number of rotatable bonds is 4. The molecule has 1 fully saturated rings. The highest BCUT2D eigenvalue weighted by Crippen LogP contribution is 2.38. The zero-order chi connectivity index (χ0) is 14.8. The first-order chi connectivity index (χ1) is 9.44. The van der Waals surface area contributed by atoms with Gasteiger partial charge in [0.1, 0.15) is 5.75 Å².